The number of aliphatic hydroxyl groups excluding tert-OH is 2. The van der Waals surface area contributed by atoms with E-state index in [1.165, 1.54) is 0 Å². The van der Waals surface area contributed by atoms with Crippen molar-refractivity contribution >= 4 is 51.2 Å². The lowest BCUT2D eigenvalue weighted by Crippen LogP contribution is -2.23. The number of hydrogen-bond acceptors (Lipinski definition) is 5. The lowest BCUT2D eigenvalue weighted by Gasteiger charge is -2.13. The molecule has 0 aliphatic heterocycles. The van der Waals surface area contributed by atoms with Gasteiger partial charge in [-0.05, 0) is 41.9 Å². The number of unbranched alkanes of at least 4 members (excludes halogenated alkanes) is 2. The number of alkyl halides is 2. The maximum absolute atomic E-state index is 11.4. The van der Waals surface area contributed by atoms with Crippen LogP contribution in [-0.2, 0) is 14.3 Å². The number of ether oxygens (including phenoxy) is 2. The van der Waals surface area contributed by atoms with Gasteiger partial charge in [0.2, 0.25) is 0 Å². The number of carbonyl (C=O) groups is 1. The van der Waals surface area contributed by atoms with Crippen molar-refractivity contribution in [3.63, 3.8) is 0 Å². The van der Waals surface area contributed by atoms with Crippen LogP contribution in [0.3, 0.4) is 0 Å². The first-order chi connectivity index (χ1) is 14.0. The lowest BCUT2D eigenvalue weighted by atomic mass is 10.1. The summed E-state index contributed by atoms with van der Waals surface area (Å²) in [5, 5.41) is 19.7. The van der Waals surface area contributed by atoms with E-state index in [1.807, 2.05) is 59.0 Å². The Morgan fingerprint density at radius 1 is 0.897 bits per heavy atom. The Kier molecular flexibility index (Phi) is 20.9. The average molecular weight is 632 g/mol. The van der Waals surface area contributed by atoms with Crippen LogP contribution in [0.1, 0.15) is 51.9 Å². The highest BCUT2D eigenvalue weighted by Crippen LogP contribution is 2.10. The van der Waals surface area contributed by atoms with Crippen LogP contribution >= 0.6 is 45.2 Å². The van der Waals surface area contributed by atoms with E-state index in [-0.39, 0.29) is 12.1 Å². The van der Waals surface area contributed by atoms with Crippen LogP contribution in [0.4, 0.5) is 0 Å². The zero-order valence-electron chi connectivity index (χ0n) is 17.1. The van der Waals surface area contributed by atoms with E-state index < -0.39 is 12.2 Å². The van der Waals surface area contributed by atoms with Gasteiger partial charge in [-0.2, -0.15) is 0 Å². The Balaban J connectivity index is 4.21. The van der Waals surface area contributed by atoms with Crippen molar-refractivity contribution in [3.8, 4) is 0 Å². The van der Waals surface area contributed by atoms with Crippen molar-refractivity contribution in [1.82, 2.24) is 0 Å². The Morgan fingerprint density at radius 3 is 2.17 bits per heavy atom. The van der Waals surface area contributed by atoms with Gasteiger partial charge in [0.1, 0.15) is 4.61 Å². The van der Waals surface area contributed by atoms with Crippen LogP contribution in [-0.4, -0.2) is 43.7 Å². The average Bonchev–Trinajstić information content (AvgIpc) is 2.70. The maximum atomic E-state index is 11.4. The second-order valence-corrected chi connectivity index (χ2v) is 7.67. The summed E-state index contributed by atoms with van der Waals surface area (Å²) in [5.41, 5.74) is 0. The smallest absolute Gasteiger partial charge is 0.306 e. The van der Waals surface area contributed by atoms with E-state index in [4.69, 9.17) is 9.47 Å². The number of esters is 1. The first-order valence-corrected chi connectivity index (χ1v) is 13.0. The topological polar surface area (TPSA) is 76.0 Å². The molecule has 0 saturated heterocycles. The van der Waals surface area contributed by atoms with E-state index in [2.05, 4.69) is 29.5 Å². The molecule has 0 fully saturated rings. The van der Waals surface area contributed by atoms with Gasteiger partial charge in [-0.25, -0.2) is 0 Å². The molecule has 7 heteroatoms. The minimum absolute atomic E-state index is 0.0304. The van der Waals surface area contributed by atoms with Crippen LogP contribution < -0.4 is 0 Å². The van der Waals surface area contributed by atoms with Gasteiger partial charge in [0.15, 0.2) is 0 Å². The monoisotopic (exact) mass is 632 g/mol. The van der Waals surface area contributed by atoms with E-state index in [0.29, 0.717) is 22.1 Å². The highest BCUT2D eigenvalue weighted by Gasteiger charge is 2.11. The first-order valence-electron chi connectivity index (χ1n) is 9.98. The molecule has 5 nitrogen and oxygen atoms in total. The molecule has 29 heavy (non-hydrogen) atoms. The van der Waals surface area contributed by atoms with Crippen LogP contribution in [0.2, 0.25) is 0 Å². The standard InChI is InChI=1S/C22H34I2O5/c1-2-3-8-14-20(25)21(26)15-10-7-5-4-6-9-12-19(28-17-23)13-11-16-22(27)29-18-24/h4-7,9-10,12,15,19-21,25-26H,2-3,8,11,13-14,16-18H2,1H3/b6-4-,7-5+,12-9+,15-10+/t19-,20-,21-/m1/s1. The molecule has 0 aromatic rings. The molecule has 0 saturated carbocycles. The van der Waals surface area contributed by atoms with E-state index >= 15 is 0 Å². The fourth-order valence-electron chi connectivity index (χ4n) is 2.42. The summed E-state index contributed by atoms with van der Waals surface area (Å²) in [4.78, 5) is 11.4. The molecule has 0 unspecified atom stereocenters. The number of allylic oxidation sites excluding steroid dienone is 6. The lowest BCUT2D eigenvalue weighted by molar-refractivity contribution is -0.141. The molecular formula is C22H34I2O5. The summed E-state index contributed by atoms with van der Waals surface area (Å²) in [5.74, 6) is -0.173. The van der Waals surface area contributed by atoms with Crippen LogP contribution in [0.5, 0.6) is 0 Å². The summed E-state index contributed by atoms with van der Waals surface area (Å²) in [6.45, 7) is 2.11. The molecule has 0 aliphatic carbocycles. The van der Waals surface area contributed by atoms with Crippen LogP contribution in [0, 0.1) is 0 Å². The SMILES string of the molecule is CCCCC[C@@H](O)[C@H](O)/C=C/C=C/C=C\C=C\[C@H](CCCC(=O)OCI)OCI. The number of rotatable bonds is 17. The van der Waals surface area contributed by atoms with Gasteiger partial charge in [-0.3, -0.25) is 4.79 Å². The molecule has 0 aromatic heterocycles. The number of carbonyl (C=O) groups excluding carboxylic acids is 1. The molecule has 2 N–H and O–H groups in total. The van der Waals surface area contributed by atoms with E-state index in [9.17, 15) is 15.0 Å². The van der Waals surface area contributed by atoms with E-state index in [1.54, 1.807) is 12.2 Å². The molecule has 0 bridgehead atoms. The van der Waals surface area contributed by atoms with Gasteiger partial charge in [-0.15, -0.1) is 0 Å². The van der Waals surface area contributed by atoms with E-state index in [0.717, 1.165) is 32.1 Å². The Bertz CT molecular complexity index is 517. The summed E-state index contributed by atoms with van der Waals surface area (Å²) < 4.78 is 11.5. The highest BCUT2D eigenvalue weighted by atomic mass is 127. The van der Waals surface area contributed by atoms with Gasteiger partial charge < -0.3 is 19.7 Å². The van der Waals surface area contributed by atoms with Gasteiger partial charge in [0.05, 0.1) is 22.9 Å². The van der Waals surface area contributed by atoms with Crippen LogP contribution in [0.25, 0.3) is 0 Å². The van der Waals surface area contributed by atoms with Gasteiger partial charge in [0, 0.05) is 6.42 Å². The molecule has 166 valence electrons. The summed E-state index contributed by atoms with van der Waals surface area (Å²) >= 11 is 4.17. The van der Waals surface area contributed by atoms with Crippen molar-refractivity contribution in [2.75, 3.05) is 9.23 Å². The largest absolute Gasteiger partial charge is 0.455 e. The minimum atomic E-state index is -0.833. The highest BCUT2D eigenvalue weighted by molar-refractivity contribution is 14.1. The summed E-state index contributed by atoms with van der Waals surface area (Å²) in [7, 11) is 0. The van der Waals surface area contributed by atoms with Crippen molar-refractivity contribution in [1.29, 1.82) is 0 Å². The van der Waals surface area contributed by atoms with Gasteiger partial charge >= 0.3 is 5.97 Å². The van der Waals surface area contributed by atoms with Gasteiger partial charge in [-0.1, -0.05) is 97.4 Å². The Morgan fingerprint density at radius 2 is 1.55 bits per heavy atom. The van der Waals surface area contributed by atoms with Crippen LogP contribution in [0.15, 0.2) is 48.6 Å². The number of hydrogen-bond donors (Lipinski definition) is 2. The molecular weight excluding hydrogens is 598 g/mol. The summed E-state index contributed by atoms with van der Waals surface area (Å²) in [6, 6.07) is 0. The fourth-order valence-corrected chi connectivity index (χ4v) is 3.23. The molecule has 0 aromatic carbocycles. The predicted molar refractivity (Wildman–Crippen MR) is 135 cm³/mol. The Hall–Kier alpha value is -0.230. The third-order valence-corrected chi connectivity index (χ3v) is 4.72. The molecule has 3 atom stereocenters. The zero-order chi connectivity index (χ0) is 21.7. The fraction of sp³-hybridized carbons (Fsp3) is 0.591. The Labute approximate surface area is 202 Å². The first kappa shape index (κ1) is 28.8. The molecule has 0 spiro atoms. The second kappa shape index (κ2) is 21.0. The second-order valence-electron chi connectivity index (χ2n) is 6.43. The molecule has 0 heterocycles. The molecule has 0 radical (unpaired) electrons. The van der Waals surface area contributed by atoms with Crippen molar-refractivity contribution in [3.05, 3.63) is 48.6 Å². The maximum Gasteiger partial charge on any atom is 0.306 e. The zero-order valence-corrected chi connectivity index (χ0v) is 21.4. The quantitative estimate of drug-likeness (QED) is 0.0740. The molecule has 0 amide bonds. The predicted octanol–water partition coefficient (Wildman–Crippen LogP) is 5.40. The number of halogens is 2. The van der Waals surface area contributed by atoms with Gasteiger partial charge in [0.25, 0.3) is 0 Å². The number of aliphatic hydroxyl groups is 2. The van der Waals surface area contributed by atoms with Crippen molar-refractivity contribution in [2.45, 2.75) is 70.2 Å². The third kappa shape index (κ3) is 18.3. The normalized spacial score (nSPS) is 15.6. The molecule has 0 rings (SSSR count). The van der Waals surface area contributed by atoms with Crippen molar-refractivity contribution in [2.24, 2.45) is 0 Å². The van der Waals surface area contributed by atoms with Crippen molar-refractivity contribution < 1.29 is 24.5 Å². The molecule has 0 aliphatic rings. The summed E-state index contributed by atoms with van der Waals surface area (Å²) in [6.07, 6.45) is 18.7. The minimum Gasteiger partial charge on any atom is -0.455 e. The third-order valence-electron chi connectivity index (χ3n) is 4.05.